The lowest BCUT2D eigenvalue weighted by molar-refractivity contribution is -0.139. The number of benzene rings is 1. The van der Waals surface area contributed by atoms with Crippen LogP contribution in [0.5, 0.6) is 0 Å². The van der Waals surface area contributed by atoms with Crippen LogP contribution in [0.25, 0.3) is 0 Å². The monoisotopic (exact) mass is 466 g/mol. The van der Waals surface area contributed by atoms with E-state index in [1.54, 1.807) is 11.8 Å². The van der Waals surface area contributed by atoms with Crippen LogP contribution < -0.4 is 5.32 Å². The van der Waals surface area contributed by atoms with Crippen molar-refractivity contribution < 1.29 is 9.59 Å². The Balaban J connectivity index is 1.22. The number of carbonyl (C=O) groups is 2. The summed E-state index contributed by atoms with van der Waals surface area (Å²) in [6, 6.07) is 10.5. The molecule has 1 N–H and O–H groups in total. The Morgan fingerprint density at radius 2 is 1.88 bits per heavy atom. The van der Waals surface area contributed by atoms with E-state index in [2.05, 4.69) is 37.4 Å². The summed E-state index contributed by atoms with van der Waals surface area (Å²) in [6.07, 6.45) is 11.4. The molecule has 1 aromatic rings. The minimum atomic E-state index is 0.105. The van der Waals surface area contributed by atoms with Gasteiger partial charge in [-0.15, -0.1) is 11.8 Å². The lowest BCUT2D eigenvalue weighted by atomic mass is 9.47. The van der Waals surface area contributed by atoms with Gasteiger partial charge in [-0.25, -0.2) is 0 Å². The summed E-state index contributed by atoms with van der Waals surface area (Å²) in [4.78, 5) is 28.0. The normalized spacial score (nSPS) is 39.5. The van der Waals surface area contributed by atoms with Gasteiger partial charge < -0.3 is 10.2 Å². The molecule has 1 aliphatic heterocycles. The van der Waals surface area contributed by atoms with Crippen LogP contribution in [0.1, 0.15) is 52.4 Å². The van der Waals surface area contributed by atoms with Gasteiger partial charge in [-0.2, -0.15) is 0 Å². The van der Waals surface area contributed by atoms with Crippen LogP contribution in [0.3, 0.4) is 0 Å². The minimum Gasteiger partial charge on any atom is -0.355 e. The van der Waals surface area contributed by atoms with Crippen LogP contribution in [-0.2, 0) is 9.59 Å². The molecule has 4 aliphatic rings. The summed E-state index contributed by atoms with van der Waals surface area (Å²) < 4.78 is 0. The third-order valence-corrected chi connectivity index (χ3v) is 11.0. The summed E-state index contributed by atoms with van der Waals surface area (Å²) in [5.41, 5.74) is 0.429. The summed E-state index contributed by atoms with van der Waals surface area (Å²) >= 11 is 1.61. The number of fused-ring (bicyclic) bond motifs is 5. The largest absolute Gasteiger partial charge is 0.355 e. The Hall–Kier alpha value is -1.75. The third kappa shape index (κ3) is 3.94. The van der Waals surface area contributed by atoms with E-state index in [1.165, 1.54) is 32.1 Å². The van der Waals surface area contributed by atoms with Crippen molar-refractivity contribution in [3.8, 4) is 0 Å². The maximum absolute atomic E-state index is 12.6. The molecule has 1 heterocycles. The molecule has 0 radical (unpaired) electrons. The molecule has 178 valence electrons. The lowest BCUT2D eigenvalue weighted by Crippen LogP contribution is -2.59. The number of hydrogen-bond donors (Lipinski definition) is 1. The maximum Gasteiger partial charge on any atom is 0.246 e. The zero-order chi connectivity index (χ0) is 23.2. The van der Waals surface area contributed by atoms with E-state index in [1.807, 2.05) is 36.2 Å². The van der Waals surface area contributed by atoms with E-state index >= 15 is 0 Å². The van der Waals surface area contributed by atoms with Crippen LogP contribution in [0.4, 0.5) is 0 Å². The number of amides is 2. The zero-order valence-electron chi connectivity index (χ0n) is 20.3. The average molecular weight is 467 g/mol. The quantitative estimate of drug-likeness (QED) is 0.611. The van der Waals surface area contributed by atoms with Gasteiger partial charge in [-0.05, 0) is 85.8 Å². The molecule has 4 nitrogen and oxygen atoms in total. The molecule has 2 unspecified atom stereocenters. The van der Waals surface area contributed by atoms with Crippen molar-refractivity contribution in [3.05, 3.63) is 42.5 Å². The molecular weight excluding hydrogens is 428 g/mol. The first kappa shape index (κ1) is 23.0. The van der Waals surface area contributed by atoms with Crippen LogP contribution in [0.15, 0.2) is 47.4 Å². The molecule has 5 heteroatoms. The smallest absolute Gasteiger partial charge is 0.246 e. The number of nitrogens with zero attached hydrogens (tertiary/aromatic N) is 1. The van der Waals surface area contributed by atoms with Gasteiger partial charge in [0.15, 0.2) is 0 Å². The summed E-state index contributed by atoms with van der Waals surface area (Å²) in [5, 5.41) is 3.27. The second-order valence-corrected chi connectivity index (χ2v) is 12.4. The van der Waals surface area contributed by atoms with Gasteiger partial charge in [0, 0.05) is 29.9 Å². The second kappa shape index (κ2) is 8.79. The highest BCUT2D eigenvalue weighted by Crippen LogP contribution is 2.65. The summed E-state index contributed by atoms with van der Waals surface area (Å²) in [6.45, 7) is 5.74. The van der Waals surface area contributed by atoms with Crippen molar-refractivity contribution >= 4 is 23.6 Å². The number of carbonyl (C=O) groups excluding carboxylic acids is 2. The molecule has 0 spiro atoms. The van der Waals surface area contributed by atoms with Crippen LogP contribution in [0, 0.1) is 34.5 Å². The fourth-order valence-electron chi connectivity index (χ4n) is 8.14. The predicted molar refractivity (Wildman–Crippen MR) is 134 cm³/mol. The fraction of sp³-hybridized carbons (Fsp3) is 0.643. The molecule has 3 saturated carbocycles. The molecular formula is C28H38N2O2S. The van der Waals surface area contributed by atoms with Crippen molar-refractivity contribution in [1.82, 2.24) is 10.2 Å². The van der Waals surface area contributed by atoms with Gasteiger partial charge in [0.25, 0.3) is 0 Å². The van der Waals surface area contributed by atoms with Crippen LogP contribution >= 0.6 is 11.8 Å². The molecule has 5 rings (SSSR count). The van der Waals surface area contributed by atoms with E-state index in [0.29, 0.717) is 29.0 Å². The molecule has 0 aromatic heterocycles. The Kier molecular flexibility index (Phi) is 6.13. The first-order valence-electron chi connectivity index (χ1n) is 12.7. The van der Waals surface area contributed by atoms with Gasteiger partial charge in [0.2, 0.25) is 11.8 Å². The third-order valence-electron chi connectivity index (χ3n) is 9.98. The molecule has 3 fully saturated rings. The highest BCUT2D eigenvalue weighted by atomic mass is 32.2. The van der Waals surface area contributed by atoms with E-state index in [-0.39, 0.29) is 17.2 Å². The number of likely N-dealkylation sites (N-methyl/N-ethyl adjacent to an activating group) is 1. The molecule has 1 aromatic carbocycles. The van der Waals surface area contributed by atoms with E-state index in [0.717, 1.165) is 29.7 Å². The lowest BCUT2D eigenvalue weighted by Gasteiger charge is -2.60. The predicted octanol–water partition coefficient (Wildman–Crippen LogP) is 5.15. The highest BCUT2D eigenvalue weighted by molar-refractivity contribution is 8.00. The molecule has 0 bridgehead atoms. The first-order valence-corrected chi connectivity index (χ1v) is 13.7. The number of thioether (sulfide) groups is 1. The molecule has 33 heavy (non-hydrogen) atoms. The summed E-state index contributed by atoms with van der Waals surface area (Å²) in [7, 11) is 1.99. The minimum absolute atomic E-state index is 0.105. The molecule has 2 amide bonds. The van der Waals surface area contributed by atoms with Gasteiger partial charge in [0.05, 0.1) is 5.75 Å². The van der Waals surface area contributed by atoms with Crippen LogP contribution in [-0.4, -0.2) is 42.1 Å². The second-order valence-electron chi connectivity index (χ2n) is 11.3. The number of rotatable bonds is 5. The average Bonchev–Trinajstić information content (AvgIpc) is 3.16. The Morgan fingerprint density at radius 3 is 2.67 bits per heavy atom. The Bertz CT molecular complexity index is 933. The van der Waals surface area contributed by atoms with Gasteiger partial charge in [0.1, 0.15) is 0 Å². The number of nitrogens with one attached hydrogen (secondary N) is 1. The van der Waals surface area contributed by atoms with Crippen molar-refractivity contribution in [2.45, 2.75) is 63.3 Å². The fourth-order valence-corrected chi connectivity index (χ4v) is 8.89. The molecule has 3 aliphatic carbocycles. The van der Waals surface area contributed by atoms with Crippen molar-refractivity contribution in [3.63, 3.8) is 0 Å². The molecule has 0 saturated heterocycles. The van der Waals surface area contributed by atoms with Crippen molar-refractivity contribution in [1.29, 1.82) is 0 Å². The molecule has 7 atom stereocenters. The Morgan fingerprint density at radius 1 is 1.09 bits per heavy atom. The SMILES string of the molecule is CN1C(=O)C=C[C@@]2(C)C1CC[C@@H]1[C@H]2CC[C@]2(C)C(CNC(=O)CSc3ccccc3)CC[C@@H]12. The van der Waals surface area contributed by atoms with Gasteiger partial charge in [-0.3, -0.25) is 9.59 Å². The topological polar surface area (TPSA) is 49.4 Å². The van der Waals surface area contributed by atoms with Gasteiger partial charge >= 0.3 is 0 Å². The van der Waals surface area contributed by atoms with E-state index < -0.39 is 0 Å². The maximum atomic E-state index is 12.6. The Labute approximate surface area is 203 Å². The van der Waals surface area contributed by atoms with Crippen molar-refractivity contribution in [2.24, 2.45) is 34.5 Å². The highest BCUT2D eigenvalue weighted by Gasteiger charge is 2.60. The van der Waals surface area contributed by atoms with Gasteiger partial charge in [-0.1, -0.05) is 38.1 Å². The summed E-state index contributed by atoms with van der Waals surface area (Å²) in [5.74, 6) is 3.52. The standard InChI is InChI=1S/C28H38N2O2S/c1-27-15-13-23-21(10-12-24-28(23,2)16-14-26(32)30(24)3)22(27)11-9-19(27)17-29-25(31)18-33-20-7-5-4-6-8-20/h4-8,14,16,19,21-24H,9-13,15,17-18H2,1-3H3,(H,29,31)/t19?,21-,22-,23+,24?,27+,28+/m0/s1. The van der Waals surface area contributed by atoms with E-state index in [9.17, 15) is 9.59 Å². The van der Waals surface area contributed by atoms with Crippen molar-refractivity contribution in [2.75, 3.05) is 19.3 Å². The van der Waals surface area contributed by atoms with E-state index in [4.69, 9.17) is 0 Å². The number of hydrogen-bond acceptors (Lipinski definition) is 3. The van der Waals surface area contributed by atoms with Crippen LogP contribution in [0.2, 0.25) is 0 Å². The zero-order valence-corrected chi connectivity index (χ0v) is 21.1. The first-order chi connectivity index (χ1) is 15.8.